The fourth-order valence-corrected chi connectivity index (χ4v) is 5.51. The first-order valence-corrected chi connectivity index (χ1v) is 9.95. The molecule has 0 aromatic carbocycles. The number of likely N-dealkylation sites (tertiary alicyclic amines) is 1. The number of thioether (sulfide) groups is 1. The van der Waals surface area contributed by atoms with E-state index < -0.39 is 0 Å². The van der Waals surface area contributed by atoms with Gasteiger partial charge in [0.25, 0.3) is 0 Å². The number of fused-ring (bicyclic) bond motifs is 2. The van der Waals surface area contributed by atoms with E-state index >= 15 is 0 Å². The lowest BCUT2D eigenvalue weighted by Gasteiger charge is -2.31. The Labute approximate surface area is 145 Å². The summed E-state index contributed by atoms with van der Waals surface area (Å²) in [7, 11) is 0. The van der Waals surface area contributed by atoms with Crippen LogP contribution in [0.4, 0.5) is 0 Å². The van der Waals surface area contributed by atoms with E-state index in [9.17, 15) is 4.79 Å². The summed E-state index contributed by atoms with van der Waals surface area (Å²) in [6.45, 7) is 4.22. The maximum Gasteiger partial charge on any atom is 0.222 e. The van der Waals surface area contributed by atoms with Crippen LogP contribution in [0.25, 0.3) is 0 Å². The summed E-state index contributed by atoms with van der Waals surface area (Å²) >= 11 is 2.04. The molecule has 0 aromatic rings. The van der Waals surface area contributed by atoms with Gasteiger partial charge in [0.1, 0.15) is 0 Å². The predicted octanol–water partition coefficient (Wildman–Crippen LogP) is 3.46. The summed E-state index contributed by atoms with van der Waals surface area (Å²) in [5.74, 6) is 2.24. The van der Waals surface area contributed by atoms with Crippen molar-refractivity contribution in [1.29, 1.82) is 0 Å². The van der Waals surface area contributed by atoms with Gasteiger partial charge in [-0.05, 0) is 50.2 Å². The first-order chi connectivity index (χ1) is 10.2. The number of amides is 1. The van der Waals surface area contributed by atoms with Crippen molar-refractivity contribution in [2.75, 3.05) is 18.8 Å². The van der Waals surface area contributed by atoms with Crippen molar-refractivity contribution in [3.05, 3.63) is 0 Å². The monoisotopic (exact) mass is 346 g/mol. The van der Waals surface area contributed by atoms with Gasteiger partial charge in [-0.25, -0.2) is 0 Å². The highest BCUT2D eigenvalue weighted by Crippen LogP contribution is 2.33. The zero-order valence-corrected chi connectivity index (χ0v) is 15.4. The molecule has 22 heavy (non-hydrogen) atoms. The van der Waals surface area contributed by atoms with Gasteiger partial charge in [-0.3, -0.25) is 4.79 Å². The minimum Gasteiger partial charge on any atom is -0.342 e. The lowest BCUT2D eigenvalue weighted by atomic mass is 9.89. The molecule has 3 aliphatic heterocycles. The average molecular weight is 347 g/mol. The van der Waals surface area contributed by atoms with Crippen LogP contribution in [0, 0.1) is 5.92 Å². The Kier molecular flexibility index (Phi) is 7.36. The predicted molar refractivity (Wildman–Crippen MR) is 96.9 cm³/mol. The summed E-state index contributed by atoms with van der Waals surface area (Å²) in [5, 5.41) is 4.35. The molecule has 0 aromatic heterocycles. The maximum atomic E-state index is 12.7. The number of halogens is 1. The quantitative estimate of drug-likeness (QED) is 0.846. The maximum absolute atomic E-state index is 12.7. The largest absolute Gasteiger partial charge is 0.342 e. The Bertz CT molecular complexity index is 357. The Morgan fingerprint density at radius 2 is 1.91 bits per heavy atom. The molecule has 0 aliphatic carbocycles. The Morgan fingerprint density at radius 1 is 1.18 bits per heavy atom. The molecule has 3 unspecified atom stereocenters. The fourth-order valence-electron chi connectivity index (χ4n) is 4.42. The normalized spacial score (nSPS) is 34.9. The zero-order chi connectivity index (χ0) is 14.7. The fraction of sp³-hybridized carbons (Fsp3) is 0.941. The smallest absolute Gasteiger partial charge is 0.222 e. The zero-order valence-electron chi connectivity index (χ0n) is 13.8. The first kappa shape index (κ1) is 18.4. The van der Waals surface area contributed by atoms with Gasteiger partial charge in [0.15, 0.2) is 0 Å². The molecule has 128 valence electrons. The highest BCUT2D eigenvalue weighted by molar-refractivity contribution is 7.99. The van der Waals surface area contributed by atoms with Gasteiger partial charge in [0.2, 0.25) is 5.91 Å². The second-order valence-corrected chi connectivity index (χ2v) is 8.67. The number of nitrogens with one attached hydrogen (secondary N) is 1. The molecule has 1 N–H and O–H groups in total. The molecule has 1 amide bonds. The second-order valence-electron chi connectivity index (χ2n) is 7.09. The van der Waals surface area contributed by atoms with Gasteiger partial charge < -0.3 is 10.2 Å². The highest BCUT2D eigenvalue weighted by atomic mass is 35.5. The van der Waals surface area contributed by atoms with Crippen molar-refractivity contribution in [3.8, 4) is 0 Å². The molecule has 3 aliphatic rings. The molecule has 3 rings (SSSR count). The van der Waals surface area contributed by atoms with E-state index in [2.05, 4.69) is 17.1 Å². The summed E-state index contributed by atoms with van der Waals surface area (Å²) in [6.07, 6.45) is 9.69. The number of hydrogen-bond donors (Lipinski definition) is 1. The van der Waals surface area contributed by atoms with Crippen molar-refractivity contribution in [1.82, 2.24) is 10.2 Å². The van der Waals surface area contributed by atoms with Crippen LogP contribution in [0.15, 0.2) is 0 Å². The van der Waals surface area contributed by atoms with E-state index in [1.54, 1.807) is 0 Å². The molecule has 3 atom stereocenters. The lowest BCUT2D eigenvalue weighted by molar-refractivity contribution is -0.132. The SMILES string of the molecule is CCSC1CCCCN(C(=O)CC2CC3CCC(C2)N3)C1.Cl. The highest BCUT2D eigenvalue weighted by Gasteiger charge is 2.35. The van der Waals surface area contributed by atoms with E-state index in [0.29, 0.717) is 29.2 Å². The van der Waals surface area contributed by atoms with Crippen LogP contribution in [-0.4, -0.2) is 47.0 Å². The molecule has 0 spiro atoms. The van der Waals surface area contributed by atoms with Gasteiger partial charge in [0.05, 0.1) is 0 Å². The lowest BCUT2D eigenvalue weighted by Crippen LogP contribution is -2.41. The molecule has 3 nitrogen and oxygen atoms in total. The van der Waals surface area contributed by atoms with Crippen LogP contribution in [0.1, 0.15) is 58.3 Å². The number of carbonyl (C=O) groups excluding carboxylic acids is 1. The van der Waals surface area contributed by atoms with Crippen molar-refractivity contribution in [2.45, 2.75) is 75.6 Å². The minimum absolute atomic E-state index is 0. The van der Waals surface area contributed by atoms with Gasteiger partial charge in [-0.15, -0.1) is 12.4 Å². The van der Waals surface area contributed by atoms with Crippen LogP contribution in [0.3, 0.4) is 0 Å². The van der Waals surface area contributed by atoms with Gasteiger partial charge in [-0.1, -0.05) is 13.3 Å². The third-order valence-corrected chi connectivity index (χ3v) is 6.61. The van der Waals surface area contributed by atoms with Crippen LogP contribution in [-0.2, 0) is 4.79 Å². The van der Waals surface area contributed by atoms with E-state index in [0.717, 1.165) is 19.5 Å². The van der Waals surface area contributed by atoms with Gasteiger partial charge >= 0.3 is 0 Å². The number of carbonyl (C=O) groups is 1. The molecule has 0 saturated carbocycles. The van der Waals surface area contributed by atoms with Crippen molar-refractivity contribution < 1.29 is 4.79 Å². The van der Waals surface area contributed by atoms with Crippen LogP contribution < -0.4 is 5.32 Å². The van der Waals surface area contributed by atoms with Crippen LogP contribution in [0.2, 0.25) is 0 Å². The van der Waals surface area contributed by atoms with E-state index in [1.165, 1.54) is 50.7 Å². The Morgan fingerprint density at radius 3 is 2.59 bits per heavy atom. The first-order valence-electron chi connectivity index (χ1n) is 8.90. The summed E-state index contributed by atoms with van der Waals surface area (Å²) in [4.78, 5) is 14.9. The number of nitrogens with zero attached hydrogens (tertiary/aromatic N) is 1. The third-order valence-electron chi connectivity index (χ3n) is 5.42. The van der Waals surface area contributed by atoms with Gasteiger partial charge in [0, 0.05) is 36.8 Å². The second kappa shape index (κ2) is 8.79. The standard InChI is InChI=1S/C17H30N2OS.ClH/c1-2-21-16-5-3-4-8-19(12-16)17(20)11-13-9-14-6-7-15(10-13)18-14;/h13-16,18H,2-12H2,1H3;1H. The summed E-state index contributed by atoms with van der Waals surface area (Å²) < 4.78 is 0. The molecular formula is C17H31ClN2OS. The Balaban J connectivity index is 0.00000176. The molecule has 2 bridgehead atoms. The molecule has 3 fully saturated rings. The van der Waals surface area contributed by atoms with Crippen LogP contribution >= 0.6 is 24.2 Å². The van der Waals surface area contributed by atoms with Gasteiger partial charge in [-0.2, -0.15) is 11.8 Å². The molecule has 3 saturated heterocycles. The topological polar surface area (TPSA) is 32.3 Å². The van der Waals surface area contributed by atoms with E-state index in [4.69, 9.17) is 0 Å². The number of piperidine rings is 1. The number of hydrogen-bond acceptors (Lipinski definition) is 3. The van der Waals surface area contributed by atoms with Crippen molar-refractivity contribution >= 4 is 30.1 Å². The third kappa shape index (κ3) is 4.78. The van der Waals surface area contributed by atoms with Crippen molar-refractivity contribution in [3.63, 3.8) is 0 Å². The molecule has 3 heterocycles. The average Bonchev–Trinajstić information content (AvgIpc) is 2.68. The summed E-state index contributed by atoms with van der Waals surface area (Å²) in [5.41, 5.74) is 0. The molecule has 5 heteroatoms. The number of rotatable bonds is 4. The molecule has 0 radical (unpaired) electrons. The Hall–Kier alpha value is 0.0700. The van der Waals surface area contributed by atoms with Crippen LogP contribution in [0.5, 0.6) is 0 Å². The van der Waals surface area contributed by atoms with Crippen molar-refractivity contribution in [2.24, 2.45) is 5.92 Å². The summed E-state index contributed by atoms with van der Waals surface area (Å²) in [6, 6.07) is 1.41. The molecular weight excluding hydrogens is 316 g/mol. The van der Waals surface area contributed by atoms with E-state index in [-0.39, 0.29) is 12.4 Å². The van der Waals surface area contributed by atoms with E-state index in [1.807, 2.05) is 11.8 Å². The minimum atomic E-state index is 0.